The molecule has 0 saturated carbocycles. The van der Waals surface area contributed by atoms with Crippen LogP contribution in [0, 0.1) is 0 Å². The average Bonchev–Trinajstić information content (AvgIpc) is 2.99. The predicted octanol–water partition coefficient (Wildman–Crippen LogP) is 2.13. The van der Waals surface area contributed by atoms with Crippen LogP contribution in [0.1, 0.15) is 25.0 Å². The maximum Gasteiger partial charge on any atom is 0.414 e. The van der Waals surface area contributed by atoms with E-state index in [2.05, 4.69) is 19.7 Å². The molecule has 0 fully saturated rings. The number of carboxylic acids is 2. The Morgan fingerprint density at radius 2 is 1.96 bits per heavy atom. The van der Waals surface area contributed by atoms with Gasteiger partial charge in [-0.15, -0.1) is 4.37 Å². The zero-order chi connectivity index (χ0) is 19.7. The van der Waals surface area contributed by atoms with Crippen LogP contribution in [0.2, 0.25) is 0 Å². The van der Waals surface area contributed by atoms with Gasteiger partial charge in [-0.05, 0) is 25.5 Å². The van der Waals surface area contributed by atoms with Gasteiger partial charge < -0.3 is 19.8 Å². The summed E-state index contributed by atoms with van der Waals surface area (Å²) in [5.74, 6) is -3.30. The summed E-state index contributed by atoms with van der Waals surface area (Å²) in [7, 11) is 2.01. The third kappa shape index (κ3) is 8.25. The van der Waals surface area contributed by atoms with Crippen LogP contribution >= 0.6 is 11.7 Å². The van der Waals surface area contributed by atoms with Crippen LogP contribution in [0.4, 0.5) is 13.2 Å². The van der Waals surface area contributed by atoms with Crippen LogP contribution in [-0.2, 0) is 9.59 Å². The minimum absolute atomic E-state index is 0.00103. The van der Waals surface area contributed by atoms with Crippen molar-refractivity contribution >= 4 is 29.2 Å². The van der Waals surface area contributed by atoms with Crippen LogP contribution in [0.15, 0.2) is 6.08 Å². The number of rotatable bonds is 5. The highest BCUT2D eigenvalue weighted by molar-refractivity contribution is 6.99. The molecule has 0 atom stereocenters. The molecule has 2 heterocycles. The van der Waals surface area contributed by atoms with E-state index < -0.39 is 24.5 Å². The maximum absolute atomic E-state index is 12.0. The molecule has 1 aromatic rings. The molecule has 146 valence electrons. The summed E-state index contributed by atoms with van der Waals surface area (Å²) in [5, 5.41) is 14.8. The number of halogens is 3. The molecule has 0 radical (unpaired) electrons. The van der Waals surface area contributed by atoms with E-state index in [0.29, 0.717) is 11.6 Å². The number of nitrogens with zero attached hydrogens (tertiary/aromatic N) is 3. The second kappa shape index (κ2) is 10.1. The first-order valence-corrected chi connectivity index (χ1v) is 8.19. The van der Waals surface area contributed by atoms with E-state index in [0.717, 1.165) is 36.8 Å². The zero-order valence-corrected chi connectivity index (χ0v) is 14.6. The second-order valence-corrected chi connectivity index (χ2v) is 5.88. The molecule has 0 saturated heterocycles. The number of hydrogen-bond acceptors (Lipinski definition) is 7. The van der Waals surface area contributed by atoms with E-state index in [9.17, 15) is 13.2 Å². The highest BCUT2D eigenvalue weighted by Gasteiger charge is 2.26. The van der Waals surface area contributed by atoms with Crippen molar-refractivity contribution in [3.63, 3.8) is 0 Å². The van der Waals surface area contributed by atoms with Crippen LogP contribution in [0.5, 0.6) is 5.88 Å². The fourth-order valence-electron chi connectivity index (χ4n) is 1.98. The maximum atomic E-state index is 12.0. The largest absolute Gasteiger partial charge is 0.475 e. The second-order valence-electron chi connectivity index (χ2n) is 5.35. The van der Waals surface area contributed by atoms with Gasteiger partial charge in [0.2, 0.25) is 0 Å². The van der Waals surface area contributed by atoms with E-state index in [1.54, 1.807) is 0 Å². The normalized spacial score (nSPS) is 14.8. The van der Waals surface area contributed by atoms with Gasteiger partial charge in [-0.3, -0.25) is 0 Å². The highest BCUT2D eigenvalue weighted by atomic mass is 32.1. The van der Waals surface area contributed by atoms with Crippen molar-refractivity contribution in [3.8, 4) is 5.88 Å². The summed E-state index contributed by atoms with van der Waals surface area (Å²) < 4.78 is 49.7. The molecule has 2 rings (SSSR count). The fraction of sp³-hybridized carbons (Fsp3) is 0.571. The molecule has 8 nitrogen and oxygen atoms in total. The molecule has 0 amide bonds. The van der Waals surface area contributed by atoms with E-state index in [1.807, 2.05) is 7.05 Å². The number of alkyl halides is 3. The summed E-state index contributed by atoms with van der Waals surface area (Å²) in [4.78, 5) is 20.4. The molecule has 1 aromatic heterocycles. The van der Waals surface area contributed by atoms with Crippen molar-refractivity contribution < 1.29 is 37.7 Å². The van der Waals surface area contributed by atoms with Gasteiger partial charge >= 0.3 is 18.1 Å². The molecular weight excluding hydrogens is 379 g/mol. The number of carboxylic acid groups (broad SMARTS) is 2. The quantitative estimate of drug-likeness (QED) is 0.574. The number of carbonyl (C=O) groups is 2. The average molecular weight is 397 g/mol. The lowest BCUT2D eigenvalue weighted by atomic mass is 10.1. The van der Waals surface area contributed by atoms with E-state index >= 15 is 0 Å². The summed E-state index contributed by atoms with van der Waals surface area (Å²) in [6, 6.07) is 0. The fourth-order valence-corrected chi connectivity index (χ4v) is 2.51. The summed E-state index contributed by atoms with van der Waals surface area (Å²) >= 11 is 1.02. The van der Waals surface area contributed by atoms with E-state index in [4.69, 9.17) is 24.5 Å². The predicted molar refractivity (Wildman–Crippen MR) is 86.1 cm³/mol. The number of ether oxygens (including phenoxy) is 1. The molecule has 0 unspecified atom stereocenters. The first kappa shape index (κ1) is 21.8. The smallest absolute Gasteiger partial charge is 0.414 e. The first-order valence-electron chi connectivity index (χ1n) is 7.46. The van der Waals surface area contributed by atoms with Crippen molar-refractivity contribution in [2.45, 2.75) is 25.4 Å². The third-order valence-electron chi connectivity index (χ3n) is 3.13. The van der Waals surface area contributed by atoms with Gasteiger partial charge in [0.05, 0.1) is 18.3 Å². The monoisotopic (exact) mass is 397 g/mol. The van der Waals surface area contributed by atoms with Crippen molar-refractivity contribution in [1.29, 1.82) is 0 Å². The van der Waals surface area contributed by atoms with Gasteiger partial charge in [-0.1, -0.05) is 6.08 Å². The Balaban J connectivity index is 0.000000487. The molecule has 0 bridgehead atoms. The highest BCUT2D eigenvalue weighted by Crippen LogP contribution is 2.27. The van der Waals surface area contributed by atoms with Crippen molar-refractivity contribution in [2.24, 2.45) is 0 Å². The Hall–Kier alpha value is -2.21. The molecule has 12 heteroatoms. The number of aliphatic carboxylic acids is 2. The minimum Gasteiger partial charge on any atom is -0.475 e. The third-order valence-corrected chi connectivity index (χ3v) is 3.64. The van der Waals surface area contributed by atoms with Crippen LogP contribution in [-0.4, -0.2) is 68.7 Å². The lowest BCUT2D eigenvalue weighted by Gasteiger charge is -2.22. The summed E-state index contributed by atoms with van der Waals surface area (Å²) in [6.07, 6.45) is -2.04. The van der Waals surface area contributed by atoms with Crippen LogP contribution in [0.25, 0.3) is 5.57 Å². The van der Waals surface area contributed by atoms with E-state index in [-0.39, 0.29) is 13.0 Å². The standard InChI is InChI=1S/C12H16F3N3OS.C2H2O4/c1-18-6-2-4-9(8-18)10-11(17-20-16-10)19-7-3-5-12(13,14)15;3-1(4)2(5)6/h4H,2-3,5-8H2,1H3;(H,3,4)(H,5,6). The van der Waals surface area contributed by atoms with Gasteiger partial charge in [0, 0.05) is 19.5 Å². The van der Waals surface area contributed by atoms with Gasteiger partial charge in [-0.2, -0.15) is 17.5 Å². The number of likely N-dealkylation sites (N-methyl/N-ethyl adjacent to an activating group) is 1. The Morgan fingerprint density at radius 3 is 2.50 bits per heavy atom. The van der Waals surface area contributed by atoms with Crippen LogP contribution in [0.3, 0.4) is 0 Å². The first-order chi connectivity index (χ1) is 12.1. The van der Waals surface area contributed by atoms with Crippen molar-refractivity contribution in [2.75, 3.05) is 26.7 Å². The molecular formula is C14H18F3N3O5S. The number of hydrogen-bond donors (Lipinski definition) is 2. The molecule has 1 aliphatic heterocycles. The minimum atomic E-state index is -4.14. The molecule has 0 aromatic carbocycles. The Bertz CT molecular complexity index is 636. The SMILES string of the molecule is CN1CCC=C(c2nsnc2OCCCC(F)(F)F)C1.O=C(O)C(=O)O. The Kier molecular flexibility index (Phi) is 8.45. The lowest BCUT2D eigenvalue weighted by molar-refractivity contribution is -0.159. The topological polar surface area (TPSA) is 113 Å². The van der Waals surface area contributed by atoms with Crippen molar-refractivity contribution in [1.82, 2.24) is 13.6 Å². The molecule has 0 spiro atoms. The molecule has 0 aliphatic carbocycles. The Morgan fingerprint density at radius 1 is 1.31 bits per heavy atom. The van der Waals surface area contributed by atoms with E-state index in [1.165, 1.54) is 0 Å². The van der Waals surface area contributed by atoms with Gasteiger partial charge in [0.15, 0.2) is 0 Å². The Labute approximate surface area is 151 Å². The van der Waals surface area contributed by atoms with Crippen molar-refractivity contribution in [3.05, 3.63) is 11.8 Å². The summed E-state index contributed by atoms with van der Waals surface area (Å²) in [5.41, 5.74) is 1.69. The number of aromatic nitrogens is 2. The van der Waals surface area contributed by atoms with Gasteiger partial charge in [0.25, 0.3) is 5.88 Å². The molecule has 26 heavy (non-hydrogen) atoms. The van der Waals surface area contributed by atoms with Crippen LogP contribution < -0.4 is 4.74 Å². The molecule has 2 N–H and O–H groups in total. The summed E-state index contributed by atoms with van der Waals surface area (Å²) in [6.45, 7) is 1.74. The van der Waals surface area contributed by atoms with Gasteiger partial charge in [0.1, 0.15) is 5.69 Å². The van der Waals surface area contributed by atoms with Gasteiger partial charge in [-0.25, -0.2) is 9.59 Å². The zero-order valence-electron chi connectivity index (χ0n) is 13.8. The molecule has 1 aliphatic rings. The lowest BCUT2D eigenvalue weighted by Crippen LogP contribution is -2.25.